The van der Waals surface area contributed by atoms with Crippen LogP contribution in [0.1, 0.15) is 18.1 Å². The molecule has 0 aromatic heterocycles. The van der Waals surface area contributed by atoms with Gasteiger partial charge in [-0.2, -0.15) is 0 Å². The van der Waals surface area contributed by atoms with E-state index in [0.29, 0.717) is 18.6 Å². The van der Waals surface area contributed by atoms with Crippen molar-refractivity contribution in [2.75, 3.05) is 0 Å². The third-order valence-electron chi connectivity index (χ3n) is 2.46. The van der Waals surface area contributed by atoms with Crippen LogP contribution in [-0.4, -0.2) is 17.2 Å². The van der Waals surface area contributed by atoms with Crippen molar-refractivity contribution in [3.63, 3.8) is 0 Å². The van der Waals surface area contributed by atoms with Gasteiger partial charge < -0.3 is 9.84 Å². The van der Waals surface area contributed by atoms with E-state index in [1.165, 1.54) is 6.92 Å². The summed E-state index contributed by atoms with van der Waals surface area (Å²) < 4.78 is 5.10. The van der Waals surface area contributed by atoms with Crippen LogP contribution in [-0.2, 0) is 22.4 Å². The number of carbonyl (C=O) groups is 1. The van der Waals surface area contributed by atoms with Crippen LogP contribution in [0.5, 0.6) is 5.75 Å². The first kappa shape index (κ1) is 9.06. The fourth-order valence-electron chi connectivity index (χ4n) is 1.91. The van der Waals surface area contributed by atoms with Gasteiger partial charge in [0.15, 0.2) is 0 Å². The van der Waals surface area contributed by atoms with E-state index in [-0.39, 0.29) is 12.1 Å². The summed E-state index contributed by atoms with van der Waals surface area (Å²) in [5.41, 5.74) is 2.00. The Kier molecular flexibility index (Phi) is 2.15. The first-order valence-electron chi connectivity index (χ1n) is 4.64. The van der Waals surface area contributed by atoms with Gasteiger partial charge in [0.25, 0.3) is 0 Å². The maximum Gasteiger partial charge on any atom is 0.302 e. The number of fused-ring (bicyclic) bond motifs is 1. The van der Waals surface area contributed by atoms with Gasteiger partial charge >= 0.3 is 5.97 Å². The number of aromatic hydroxyl groups is 1. The maximum atomic E-state index is 10.8. The first-order chi connectivity index (χ1) is 6.66. The molecule has 0 bridgehead atoms. The van der Waals surface area contributed by atoms with Crippen molar-refractivity contribution >= 4 is 5.97 Å². The van der Waals surface area contributed by atoms with Crippen LogP contribution in [0, 0.1) is 0 Å². The lowest BCUT2D eigenvalue weighted by Crippen LogP contribution is -2.15. The molecule has 1 aromatic rings. The Labute approximate surface area is 82.3 Å². The van der Waals surface area contributed by atoms with E-state index in [1.807, 2.05) is 12.1 Å². The molecule has 2 rings (SSSR count). The number of phenolic OH excluding ortho intramolecular Hbond substituents is 1. The minimum absolute atomic E-state index is 0.101. The zero-order valence-corrected chi connectivity index (χ0v) is 7.99. The van der Waals surface area contributed by atoms with Gasteiger partial charge in [-0.15, -0.1) is 0 Å². The molecule has 1 aromatic carbocycles. The standard InChI is InChI=1S/C11H12O3/c1-7(12)14-9-5-8-3-2-4-11(13)10(8)6-9/h2-4,9,13H,5-6H2,1H3. The number of hydrogen-bond acceptors (Lipinski definition) is 3. The number of ether oxygens (including phenoxy) is 1. The zero-order valence-electron chi connectivity index (χ0n) is 7.99. The van der Waals surface area contributed by atoms with Crippen molar-refractivity contribution < 1.29 is 14.6 Å². The Morgan fingerprint density at radius 1 is 1.50 bits per heavy atom. The summed E-state index contributed by atoms with van der Waals surface area (Å²) in [5.74, 6) is 0.0412. The Hall–Kier alpha value is -1.51. The van der Waals surface area contributed by atoms with E-state index >= 15 is 0 Å². The highest BCUT2D eigenvalue weighted by atomic mass is 16.5. The van der Waals surface area contributed by atoms with Gasteiger partial charge in [-0.1, -0.05) is 12.1 Å². The van der Waals surface area contributed by atoms with Gasteiger partial charge in [-0.25, -0.2) is 0 Å². The molecule has 3 heteroatoms. The topological polar surface area (TPSA) is 46.5 Å². The lowest BCUT2D eigenvalue weighted by molar-refractivity contribution is -0.145. The highest BCUT2D eigenvalue weighted by molar-refractivity contribution is 5.66. The van der Waals surface area contributed by atoms with Crippen LogP contribution in [0.15, 0.2) is 18.2 Å². The van der Waals surface area contributed by atoms with Gasteiger partial charge in [-0.3, -0.25) is 4.79 Å². The Morgan fingerprint density at radius 3 is 2.93 bits per heavy atom. The summed E-state index contributed by atoms with van der Waals surface area (Å²) in [4.78, 5) is 10.8. The highest BCUT2D eigenvalue weighted by Crippen LogP contribution is 2.30. The molecule has 0 heterocycles. The van der Waals surface area contributed by atoms with Gasteiger partial charge in [-0.05, 0) is 11.6 Å². The largest absolute Gasteiger partial charge is 0.508 e. The summed E-state index contributed by atoms with van der Waals surface area (Å²) in [6.07, 6.45) is 1.24. The number of carbonyl (C=O) groups excluding carboxylic acids is 1. The maximum absolute atomic E-state index is 10.8. The number of esters is 1. The third-order valence-corrected chi connectivity index (χ3v) is 2.46. The van der Waals surface area contributed by atoms with E-state index in [1.54, 1.807) is 6.07 Å². The number of phenols is 1. The van der Waals surface area contributed by atoms with Crippen LogP contribution in [0.4, 0.5) is 0 Å². The predicted octanol–water partition coefficient (Wildman–Crippen LogP) is 1.42. The molecule has 0 saturated carbocycles. The van der Waals surface area contributed by atoms with Crippen molar-refractivity contribution in [3.05, 3.63) is 29.3 Å². The van der Waals surface area contributed by atoms with Crippen LogP contribution in [0.2, 0.25) is 0 Å². The lowest BCUT2D eigenvalue weighted by atomic mass is 10.1. The molecule has 1 N–H and O–H groups in total. The van der Waals surface area contributed by atoms with Gasteiger partial charge in [0.2, 0.25) is 0 Å². The first-order valence-corrected chi connectivity index (χ1v) is 4.64. The second-order valence-corrected chi connectivity index (χ2v) is 3.55. The fourth-order valence-corrected chi connectivity index (χ4v) is 1.91. The van der Waals surface area contributed by atoms with Crippen LogP contribution in [0.3, 0.4) is 0 Å². The lowest BCUT2D eigenvalue weighted by Gasteiger charge is -2.08. The zero-order chi connectivity index (χ0) is 10.1. The normalized spacial score (nSPS) is 19.1. The SMILES string of the molecule is CC(=O)OC1Cc2cccc(O)c2C1. The molecular formula is C11H12O3. The molecule has 1 aliphatic rings. The third kappa shape index (κ3) is 1.58. The van der Waals surface area contributed by atoms with Crippen LogP contribution < -0.4 is 0 Å². The minimum atomic E-state index is -0.262. The van der Waals surface area contributed by atoms with Crippen molar-refractivity contribution in [1.82, 2.24) is 0 Å². The van der Waals surface area contributed by atoms with Crippen molar-refractivity contribution in [3.8, 4) is 5.75 Å². The van der Waals surface area contributed by atoms with Gasteiger partial charge in [0.1, 0.15) is 11.9 Å². The number of hydrogen-bond donors (Lipinski definition) is 1. The quantitative estimate of drug-likeness (QED) is 0.684. The molecule has 0 saturated heterocycles. The summed E-state index contributed by atoms with van der Waals surface area (Å²) in [6.45, 7) is 1.41. The summed E-state index contributed by atoms with van der Waals surface area (Å²) in [7, 11) is 0. The monoisotopic (exact) mass is 192 g/mol. The number of benzene rings is 1. The van der Waals surface area contributed by atoms with Gasteiger partial charge in [0, 0.05) is 25.3 Å². The molecule has 0 radical (unpaired) electrons. The summed E-state index contributed by atoms with van der Waals surface area (Å²) in [6, 6.07) is 5.43. The Balaban J connectivity index is 2.18. The summed E-state index contributed by atoms with van der Waals surface area (Å²) >= 11 is 0. The second kappa shape index (κ2) is 3.33. The average molecular weight is 192 g/mol. The Bertz CT molecular complexity index is 371. The van der Waals surface area contributed by atoms with Crippen LogP contribution >= 0.6 is 0 Å². The van der Waals surface area contributed by atoms with Crippen LogP contribution in [0.25, 0.3) is 0 Å². The van der Waals surface area contributed by atoms with Crippen molar-refractivity contribution in [2.45, 2.75) is 25.9 Å². The molecule has 1 aliphatic carbocycles. The van der Waals surface area contributed by atoms with E-state index in [9.17, 15) is 9.90 Å². The van der Waals surface area contributed by atoms with E-state index in [2.05, 4.69) is 0 Å². The molecular weight excluding hydrogens is 180 g/mol. The fraction of sp³-hybridized carbons (Fsp3) is 0.364. The van der Waals surface area contributed by atoms with Crippen molar-refractivity contribution in [1.29, 1.82) is 0 Å². The molecule has 0 aliphatic heterocycles. The smallest absolute Gasteiger partial charge is 0.302 e. The Morgan fingerprint density at radius 2 is 2.29 bits per heavy atom. The molecule has 0 amide bonds. The van der Waals surface area contributed by atoms with E-state index in [4.69, 9.17) is 4.74 Å². The average Bonchev–Trinajstić information content (AvgIpc) is 2.47. The molecule has 74 valence electrons. The summed E-state index contributed by atoms with van der Waals surface area (Å²) in [5, 5.41) is 9.54. The van der Waals surface area contributed by atoms with Crippen molar-refractivity contribution in [2.24, 2.45) is 0 Å². The molecule has 14 heavy (non-hydrogen) atoms. The predicted molar refractivity (Wildman–Crippen MR) is 51.1 cm³/mol. The number of rotatable bonds is 1. The second-order valence-electron chi connectivity index (χ2n) is 3.55. The van der Waals surface area contributed by atoms with E-state index in [0.717, 1.165) is 11.1 Å². The molecule has 1 unspecified atom stereocenters. The van der Waals surface area contributed by atoms with Gasteiger partial charge in [0.05, 0.1) is 0 Å². The minimum Gasteiger partial charge on any atom is -0.508 e. The highest BCUT2D eigenvalue weighted by Gasteiger charge is 2.25. The van der Waals surface area contributed by atoms with E-state index < -0.39 is 0 Å². The molecule has 1 atom stereocenters. The molecule has 0 fully saturated rings. The molecule has 3 nitrogen and oxygen atoms in total. The molecule has 0 spiro atoms.